The fourth-order valence-corrected chi connectivity index (χ4v) is 3.42. The SMILES string of the molecule is Cc1ccc(C(NN)C2CCCc3cccnc32)c(C)n1. The molecule has 0 radical (unpaired) electrons. The number of aryl methyl sites for hydroxylation is 3. The molecule has 0 bridgehead atoms. The van der Waals surface area contributed by atoms with E-state index in [4.69, 9.17) is 5.84 Å². The highest BCUT2D eigenvalue weighted by molar-refractivity contribution is 5.33. The van der Waals surface area contributed by atoms with Gasteiger partial charge in [-0.15, -0.1) is 0 Å². The summed E-state index contributed by atoms with van der Waals surface area (Å²) in [5, 5.41) is 0. The van der Waals surface area contributed by atoms with Gasteiger partial charge in [0.15, 0.2) is 0 Å². The molecule has 1 aliphatic carbocycles. The Kier molecular flexibility index (Phi) is 3.99. The molecular formula is C17H22N4. The molecule has 2 atom stereocenters. The van der Waals surface area contributed by atoms with Crippen molar-refractivity contribution in [3.05, 3.63) is 58.7 Å². The highest BCUT2D eigenvalue weighted by Crippen LogP contribution is 2.39. The van der Waals surface area contributed by atoms with Crippen LogP contribution in [-0.4, -0.2) is 9.97 Å². The molecule has 0 aliphatic heterocycles. The van der Waals surface area contributed by atoms with Crippen LogP contribution in [0.2, 0.25) is 0 Å². The van der Waals surface area contributed by atoms with E-state index in [-0.39, 0.29) is 6.04 Å². The van der Waals surface area contributed by atoms with E-state index in [0.29, 0.717) is 5.92 Å². The van der Waals surface area contributed by atoms with Gasteiger partial charge in [-0.25, -0.2) is 0 Å². The summed E-state index contributed by atoms with van der Waals surface area (Å²) >= 11 is 0. The largest absolute Gasteiger partial charge is 0.271 e. The predicted octanol–water partition coefficient (Wildman–Crippen LogP) is 2.72. The first-order valence-electron chi connectivity index (χ1n) is 7.54. The third-order valence-corrected chi connectivity index (χ3v) is 4.42. The molecular weight excluding hydrogens is 260 g/mol. The molecule has 110 valence electrons. The fourth-order valence-electron chi connectivity index (χ4n) is 3.42. The molecule has 3 rings (SSSR count). The number of hydrazine groups is 1. The number of aromatic nitrogens is 2. The van der Waals surface area contributed by atoms with Gasteiger partial charge < -0.3 is 0 Å². The lowest BCUT2D eigenvalue weighted by molar-refractivity contribution is 0.397. The third kappa shape index (κ3) is 2.69. The van der Waals surface area contributed by atoms with Crippen molar-refractivity contribution >= 4 is 0 Å². The molecule has 2 aromatic rings. The minimum Gasteiger partial charge on any atom is -0.271 e. The number of hydrogen-bond acceptors (Lipinski definition) is 4. The molecule has 2 aromatic heterocycles. The predicted molar refractivity (Wildman–Crippen MR) is 83.7 cm³/mol. The number of nitrogens with one attached hydrogen (secondary N) is 1. The van der Waals surface area contributed by atoms with Crippen LogP contribution >= 0.6 is 0 Å². The maximum atomic E-state index is 5.89. The highest BCUT2D eigenvalue weighted by Gasteiger charge is 2.30. The summed E-state index contributed by atoms with van der Waals surface area (Å²) in [6, 6.07) is 8.45. The average molecular weight is 282 g/mol. The minimum absolute atomic E-state index is 0.0621. The molecule has 4 nitrogen and oxygen atoms in total. The Morgan fingerprint density at radius 1 is 1.29 bits per heavy atom. The van der Waals surface area contributed by atoms with Crippen LogP contribution in [0.25, 0.3) is 0 Å². The second kappa shape index (κ2) is 5.92. The molecule has 1 aliphatic rings. The molecule has 0 saturated heterocycles. The van der Waals surface area contributed by atoms with E-state index >= 15 is 0 Å². The van der Waals surface area contributed by atoms with Crippen molar-refractivity contribution in [2.45, 2.75) is 45.1 Å². The molecule has 0 amide bonds. The number of fused-ring (bicyclic) bond motifs is 1. The first-order chi connectivity index (χ1) is 10.2. The molecule has 3 N–H and O–H groups in total. The second-order valence-corrected chi connectivity index (χ2v) is 5.82. The van der Waals surface area contributed by atoms with Crippen LogP contribution in [-0.2, 0) is 6.42 Å². The smallest absolute Gasteiger partial charge is 0.0561 e. The summed E-state index contributed by atoms with van der Waals surface area (Å²) in [6.45, 7) is 4.06. The van der Waals surface area contributed by atoms with E-state index in [1.54, 1.807) is 0 Å². The van der Waals surface area contributed by atoms with Crippen molar-refractivity contribution in [3.63, 3.8) is 0 Å². The van der Waals surface area contributed by atoms with Crippen molar-refractivity contribution in [1.82, 2.24) is 15.4 Å². The number of rotatable bonds is 3. The lowest BCUT2D eigenvalue weighted by atomic mass is 9.79. The van der Waals surface area contributed by atoms with Crippen molar-refractivity contribution in [2.24, 2.45) is 5.84 Å². The average Bonchev–Trinajstić information content (AvgIpc) is 2.50. The van der Waals surface area contributed by atoms with Gasteiger partial charge in [-0.05, 0) is 56.4 Å². The summed E-state index contributed by atoms with van der Waals surface area (Å²) in [7, 11) is 0. The van der Waals surface area contributed by atoms with Crippen molar-refractivity contribution in [1.29, 1.82) is 0 Å². The Morgan fingerprint density at radius 3 is 2.90 bits per heavy atom. The summed E-state index contributed by atoms with van der Waals surface area (Å²) in [6.07, 6.45) is 5.28. The van der Waals surface area contributed by atoms with E-state index in [0.717, 1.165) is 24.2 Å². The van der Waals surface area contributed by atoms with Crippen LogP contribution in [0.1, 0.15) is 53.0 Å². The van der Waals surface area contributed by atoms with Crippen LogP contribution in [0.5, 0.6) is 0 Å². The molecule has 0 spiro atoms. The zero-order valence-electron chi connectivity index (χ0n) is 12.6. The molecule has 4 heteroatoms. The zero-order chi connectivity index (χ0) is 14.8. The maximum Gasteiger partial charge on any atom is 0.0561 e. The lowest BCUT2D eigenvalue weighted by Gasteiger charge is -2.31. The Labute approximate surface area is 125 Å². The third-order valence-electron chi connectivity index (χ3n) is 4.42. The van der Waals surface area contributed by atoms with Crippen molar-refractivity contribution < 1.29 is 0 Å². The van der Waals surface area contributed by atoms with Gasteiger partial charge in [-0.3, -0.25) is 21.2 Å². The first kappa shape index (κ1) is 14.2. The van der Waals surface area contributed by atoms with E-state index in [9.17, 15) is 0 Å². The lowest BCUT2D eigenvalue weighted by Crippen LogP contribution is -2.35. The van der Waals surface area contributed by atoms with Crippen LogP contribution in [0, 0.1) is 13.8 Å². The number of hydrogen-bond donors (Lipinski definition) is 2. The van der Waals surface area contributed by atoms with Gasteiger partial charge >= 0.3 is 0 Å². The molecule has 0 fully saturated rings. The topological polar surface area (TPSA) is 63.8 Å². The Balaban J connectivity index is 2.01. The standard InChI is InChI=1S/C17H22N4/c1-11-8-9-14(12(2)20-11)17(21-18)15-7-3-5-13-6-4-10-19-16(13)15/h4,6,8-10,15,17,21H,3,5,7,18H2,1-2H3. The summed E-state index contributed by atoms with van der Waals surface area (Å²) < 4.78 is 0. The normalized spacial score (nSPS) is 19.1. The van der Waals surface area contributed by atoms with Crippen LogP contribution in [0.3, 0.4) is 0 Å². The van der Waals surface area contributed by atoms with E-state index in [1.807, 2.05) is 19.2 Å². The van der Waals surface area contributed by atoms with Gasteiger partial charge in [0, 0.05) is 29.2 Å². The monoisotopic (exact) mass is 282 g/mol. The molecule has 0 saturated carbocycles. The quantitative estimate of drug-likeness (QED) is 0.671. The maximum absolute atomic E-state index is 5.89. The second-order valence-electron chi connectivity index (χ2n) is 5.82. The molecule has 0 aromatic carbocycles. The van der Waals surface area contributed by atoms with Crippen LogP contribution < -0.4 is 11.3 Å². The van der Waals surface area contributed by atoms with Gasteiger partial charge in [0.2, 0.25) is 0 Å². The van der Waals surface area contributed by atoms with Crippen molar-refractivity contribution in [2.75, 3.05) is 0 Å². The van der Waals surface area contributed by atoms with Gasteiger partial charge in [-0.2, -0.15) is 0 Å². The zero-order valence-corrected chi connectivity index (χ0v) is 12.6. The number of nitrogens with zero attached hydrogens (tertiary/aromatic N) is 2. The molecule has 2 unspecified atom stereocenters. The van der Waals surface area contributed by atoms with Gasteiger partial charge in [-0.1, -0.05) is 12.1 Å². The minimum atomic E-state index is 0.0621. The number of pyridine rings is 2. The Hall–Kier alpha value is -1.78. The Bertz CT molecular complexity index is 638. The van der Waals surface area contributed by atoms with Crippen LogP contribution in [0.4, 0.5) is 0 Å². The fraction of sp³-hybridized carbons (Fsp3) is 0.412. The van der Waals surface area contributed by atoms with Gasteiger partial charge in [0.1, 0.15) is 0 Å². The van der Waals surface area contributed by atoms with E-state index in [2.05, 4.69) is 40.5 Å². The van der Waals surface area contributed by atoms with Crippen LogP contribution in [0.15, 0.2) is 30.5 Å². The highest BCUT2D eigenvalue weighted by atomic mass is 15.2. The van der Waals surface area contributed by atoms with Gasteiger partial charge in [0.05, 0.1) is 6.04 Å². The van der Waals surface area contributed by atoms with E-state index < -0.39 is 0 Å². The van der Waals surface area contributed by atoms with E-state index in [1.165, 1.54) is 23.2 Å². The molecule has 21 heavy (non-hydrogen) atoms. The molecule has 2 heterocycles. The summed E-state index contributed by atoms with van der Waals surface area (Å²) in [5.74, 6) is 6.20. The van der Waals surface area contributed by atoms with Crippen molar-refractivity contribution in [3.8, 4) is 0 Å². The summed E-state index contributed by atoms with van der Waals surface area (Å²) in [4.78, 5) is 9.20. The number of nitrogens with two attached hydrogens (primary N) is 1. The summed E-state index contributed by atoms with van der Waals surface area (Å²) in [5.41, 5.74) is 8.80. The van der Waals surface area contributed by atoms with Gasteiger partial charge in [0.25, 0.3) is 0 Å². The Morgan fingerprint density at radius 2 is 2.14 bits per heavy atom. The first-order valence-corrected chi connectivity index (χ1v) is 7.54.